The molecule has 0 radical (unpaired) electrons. The third-order valence-electron chi connectivity index (χ3n) is 3.77. The fourth-order valence-corrected chi connectivity index (χ4v) is 4.36. The summed E-state index contributed by atoms with van der Waals surface area (Å²) in [6, 6.07) is 5.48. The fraction of sp³-hybridized carbons (Fsp3) is 0.471. The standard InChI is InChI=1S/C17H24N4O3S2/c1-10-7-8-11(2)13(9-10)12(3)21-26(23,24)16-20-19-15(25-16)18-14(22)17(4,5)6/h7-9,12,21H,1-6H3,(H,18,19,22). The van der Waals surface area contributed by atoms with Gasteiger partial charge in [0.1, 0.15) is 0 Å². The molecular formula is C17H24N4O3S2. The quantitative estimate of drug-likeness (QED) is 0.756. The predicted molar refractivity (Wildman–Crippen MR) is 103 cm³/mol. The number of benzene rings is 1. The van der Waals surface area contributed by atoms with Gasteiger partial charge in [-0.2, -0.15) is 0 Å². The van der Waals surface area contributed by atoms with Crippen LogP contribution in [0.2, 0.25) is 0 Å². The van der Waals surface area contributed by atoms with Crippen molar-refractivity contribution in [3.63, 3.8) is 0 Å². The van der Waals surface area contributed by atoms with Crippen LogP contribution in [0.5, 0.6) is 0 Å². The summed E-state index contributed by atoms with van der Waals surface area (Å²) in [6.45, 7) is 10.9. The molecule has 7 nitrogen and oxygen atoms in total. The topological polar surface area (TPSA) is 101 Å². The van der Waals surface area contributed by atoms with Gasteiger partial charge in [0.05, 0.1) is 0 Å². The van der Waals surface area contributed by atoms with Gasteiger partial charge in [-0.1, -0.05) is 55.9 Å². The van der Waals surface area contributed by atoms with Gasteiger partial charge in [0.15, 0.2) is 0 Å². The largest absolute Gasteiger partial charge is 0.300 e. The minimum absolute atomic E-state index is 0.157. The average Bonchev–Trinajstić information content (AvgIpc) is 2.97. The van der Waals surface area contributed by atoms with Crippen molar-refractivity contribution in [3.8, 4) is 0 Å². The lowest BCUT2D eigenvalue weighted by molar-refractivity contribution is -0.123. The first-order valence-electron chi connectivity index (χ1n) is 8.14. The second-order valence-electron chi connectivity index (χ2n) is 7.28. The molecule has 0 saturated carbocycles. The Morgan fingerprint density at radius 1 is 1.19 bits per heavy atom. The van der Waals surface area contributed by atoms with Crippen LogP contribution in [0.3, 0.4) is 0 Å². The number of rotatable bonds is 5. The van der Waals surface area contributed by atoms with Crippen LogP contribution in [-0.4, -0.2) is 24.5 Å². The van der Waals surface area contributed by atoms with E-state index in [-0.39, 0.29) is 15.4 Å². The van der Waals surface area contributed by atoms with Gasteiger partial charge in [-0.15, -0.1) is 10.2 Å². The van der Waals surface area contributed by atoms with Crippen LogP contribution in [0.15, 0.2) is 22.5 Å². The van der Waals surface area contributed by atoms with Crippen LogP contribution in [0.4, 0.5) is 5.13 Å². The van der Waals surface area contributed by atoms with Crippen molar-refractivity contribution in [2.24, 2.45) is 5.41 Å². The molecule has 1 aromatic heterocycles. The van der Waals surface area contributed by atoms with Gasteiger partial charge in [0.2, 0.25) is 15.4 Å². The first-order chi connectivity index (χ1) is 11.9. The van der Waals surface area contributed by atoms with Crippen molar-refractivity contribution in [1.82, 2.24) is 14.9 Å². The van der Waals surface area contributed by atoms with E-state index in [4.69, 9.17) is 0 Å². The number of nitrogens with one attached hydrogen (secondary N) is 2. The number of nitrogens with zero attached hydrogens (tertiary/aromatic N) is 2. The molecule has 2 rings (SSSR count). The molecule has 0 aliphatic carbocycles. The van der Waals surface area contributed by atoms with Crippen LogP contribution >= 0.6 is 11.3 Å². The lowest BCUT2D eigenvalue weighted by Gasteiger charge is -2.16. The third-order valence-corrected chi connectivity index (χ3v) is 6.52. The van der Waals surface area contributed by atoms with Crippen molar-refractivity contribution in [2.75, 3.05) is 5.32 Å². The molecule has 1 atom stereocenters. The number of aromatic nitrogens is 2. The van der Waals surface area contributed by atoms with Crippen molar-refractivity contribution in [2.45, 2.75) is 51.9 Å². The average molecular weight is 397 g/mol. The van der Waals surface area contributed by atoms with Crippen LogP contribution in [0.25, 0.3) is 0 Å². The van der Waals surface area contributed by atoms with Crippen LogP contribution < -0.4 is 10.0 Å². The summed E-state index contributed by atoms with van der Waals surface area (Å²) in [6.07, 6.45) is 0. The lowest BCUT2D eigenvalue weighted by Crippen LogP contribution is -2.27. The summed E-state index contributed by atoms with van der Waals surface area (Å²) in [5.74, 6) is -0.255. The van der Waals surface area contributed by atoms with Gasteiger partial charge in [-0.05, 0) is 31.9 Å². The number of carbonyl (C=O) groups is 1. The Hall–Kier alpha value is -1.84. The summed E-state index contributed by atoms with van der Waals surface area (Å²) in [4.78, 5) is 12.0. The number of hydrogen-bond donors (Lipinski definition) is 2. The molecule has 2 aromatic rings. The number of hydrogen-bond acceptors (Lipinski definition) is 6. The van der Waals surface area contributed by atoms with Gasteiger partial charge in [0.25, 0.3) is 10.0 Å². The minimum atomic E-state index is -3.84. The first kappa shape index (κ1) is 20.5. The molecule has 1 heterocycles. The van der Waals surface area contributed by atoms with Crippen molar-refractivity contribution >= 4 is 32.4 Å². The molecule has 142 valence electrons. The van der Waals surface area contributed by atoms with Crippen molar-refractivity contribution in [3.05, 3.63) is 34.9 Å². The van der Waals surface area contributed by atoms with Crippen LogP contribution in [0, 0.1) is 19.3 Å². The smallest absolute Gasteiger partial charge is 0.270 e. The zero-order chi connectivity index (χ0) is 19.7. The maximum absolute atomic E-state index is 12.6. The van der Waals surface area contributed by atoms with E-state index in [1.165, 1.54) is 0 Å². The second kappa shape index (κ2) is 7.42. The maximum Gasteiger partial charge on any atom is 0.270 e. The highest BCUT2D eigenvalue weighted by Crippen LogP contribution is 2.25. The predicted octanol–water partition coefficient (Wildman–Crippen LogP) is 3.18. The molecule has 0 bridgehead atoms. The molecule has 9 heteroatoms. The Kier molecular flexibility index (Phi) is 5.84. The summed E-state index contributed by atoms with van der Waals surface area (Å²) in [5, 5.41) is 10.2. The Bertz CT molecular complexity index is 914. The molecule has 1 amide bonds. The van der Waals surface area contributed by atoms with Gasteiger partial charge in [0, 0.05) is 11.5 Å². The van der Waals surface area contributed by atoms with Crippen LogP contribution in [-0.2, 0) is 14.8 Å². The molecule has 0 saturated heterocycles. The molecule has 0 aliphatic rings. The summed E-state index contributed by atoms with van der Waals surface area (Å²) >= 11 is 0.824. The zero-order valence-corrected chi connectivity index (χ0v) is 17.4. The van der Waals surface area contributed by atoms with Gasteiger partial charge in [-0.3, -0.25) is 4.79 Å². The SMILES string of the molecule is Cc1ccc(C)c(C(C)NS(=O)(=O)c2nnc(NC(=O)C(C)(C)C)s2)c1. The Morgan fingerprint density at radius 3 is 2.46 bits per heavy atom. The van der Waals surface area contributed by atoms with Gasteiger partial charge in [-0.25, -0.2) is 13.1 Å². The van der Waals surface area contributed by atoms with E-state index in [0.29, 0.717) is 0 Å². The Labute approximate surface area is 158 Å². The normalized spacial score (nSPS) is 13.5. The monoisotopic (exact) mass is 396 g/mol. The Balaban J connectivity index is 2.18. The van der Waals surface area contributed by atoms with Crippen molar-refractivity contribution in [1.29, 1.82) is 0 Å². The zero-order valence-electron chi connectivity index (χ0n) is 15.7. The molecular weight excluding hydrogens is 372 g/mol. The third kappa shape index (κ3) is 4.87. The van der Waals surface area contributed by atoms with E-state index >= 15 is 0 Å². The van der Waals surface area contributed by atoms with E-state index in [1.807, 2.05) is 32.0 Å². The number of sulfonamides is 1. The Morgan fingerprint density at radius 2 is 1.85 bits per heavy atom. The molecule has 0 spiro atoms. The van der Waals surface area contributed by atoms with E-state index in [1.54, 1.807) is 27.7 Å². The molecule has 1 unspecified atom stereocenters. The van der Waals surface area contributed by atoms with Crippen LogP contribution in [0.1, 0.15) is 50.4 Å². The summed E-state index contributed by atoms with van der Waals surface area (Å²) < 4.78 is 27.6. The van der Waals surface area contributed by atoms with E-state index in [2.05, 4.69) is 20.2 Å². The highest BCUT2D eigenvalue weighted by molar-refractivity contribution is 7.91. The highest BCUT2D eigenvalue weighted by Gasteiger charge is 2.26. The van der Waals surface area contributed by atoms with E-state index in [0.717, 1.165) is 28.0 Å². The first-order valence-corrected chi connectivity index (χ1v) is 10.4. The summed E-state index contributed by atoms with van der Waals surface area (Å²) in [5.41, 5.74) is 2.35. The fourth-order valence-electron chi connectivity index (χ4n) is 2.23. The number of anilines is 1. The maximum atomic E-state index is 12.6. The van der Waals surface area contributed by atoms with Gasteiger partial charge < -0.3 is 5.32 Å². The number of amides is 1. The van der Waals surface area contributed by atoms with E-state index in [9.17, 15) is 13.2 Å². The molecule has 2 N–H and O–H groups in total. The summed E-state index contributed by atoms with van der Waals surface area (Å²) in [7, 11) is -3.84. The van der Waals surface area contributed by atoms with Gasteiger partial charge >= 0.3 is 0 Å². The number of aryl methyl sites for hydroxylation is 2. The second-order valence-corrected chi connectivity index (χ2v) is 10.1. The minimum Gasteiger partial charge on any atom is -0.300 e. The highest BCUT2D eigenvalue weighted by atomic mass is 32.2. The number of carbonyl (C=O) groups excluding carboxylic acids is 1. The molecule has 26 heavy (non-hydrogen) atoms. The lowest BCUT2D eigenvalue weighted by atomic mass is 9.96. The van der Waals surface area contributed by atoms with Crippen molar-refractivity contribution < 1.29 is 13.2 Å². The molecule has 1 aromatic carbocycles. The van der Waals surface area contributed by atoms with E-state index < -0.39 is 21.5 Å². The molecule has 0 aliphatic heterocycles. The molecule has 0 fully saturated rings.